The molecule has 112 valence electrons. The fourth-order valence-electron chi connectivity index (χ4n) is 2.05. The van der Waals surface area contributed by atoms with Gasteiger partial charge in [0.25, 0.3) is 0 Å². The van der Waals surface area contributed by atoms with E-state index >= 15 is 0 Å². The lowest BCUT2D eigenvalue weighted by Crippen LogP contribution is -2.16. The average Bonchev–Trinajstić information content (AvgIpc) is 2.43. The van der Waals surface area contributed by atoms with Gasteiger partial charge in [-0.1, -0.05) is 26.2 Å². The van der Waals surface area contributed by atoms with Gasteiger partial charge in [0.05, 0.1) is 13.2 Å². The van der Waals surface area contributed by atoms with Crippen LogP contribution in [0.2, 0.25) is 0 Å². The molecule has 0 aliphatic heterocycles. The molecule has 0 aromatic heterocycles. The summed E-state index contributed by atoms with van der Waals surface area (Å²) in [5.41, 5.74) is 6.60. The van der Waals surface area contributed by atoms with Crippen molar-refractivity contribution >= 4 is 11.7 Å². The first-order chi connectivity index (χ1) is 9.58. The lowest BCUT2D eigenvalue weighted by molar-refractivity contribution is 0.0316. The van der Waals surface area contributed by atoms with Gasteiger partial charge in [0, 0.05) is 5.69 Å². The first-order valence-corrected chi connectivity index (χ1v) is 7.23. The van der Waals surface area contributed by atoms with E-state index in [4.69, 9.17) is 15.2 Å². The number of methoxy groups -OCH3 is 1. The quantitative estimate of drug-likeness (QED) is 0.447. The van der Waals surface area contributed by atoms with Crippen LogP contribution < -0.4 is 10.5 Å². The molecule has 0 saturated carbocycles. The van der Waals surface area contributed by atoms with Crippen molar-refractivity contribution in [1.29, 1.82) is 0 Å². The standard InChI is InChI=1S/C16H25NO3/c1-4-5-6-7-8-12(2)20-16(18)14-11-13(17)9-10-15(14)19-3/h9-12H,4-8,17H2,1-3H3. The van der Waals surface area contributed by atoms with Crippen molar-refractivity contribution in [2.75, 3.05) is 12.8 Å². The third-order valence-corrected chi connectivity index (χ3v) is 3.22. The fourth-order valence-corrected chi connectivity index (χ4v) is 2.05. The summed E-state index contributed by atoms with van der Waals surface area (Å²) in [7, 11) is 1.52. The van der Waals surface area contributed by atoms with Crippen LogP contribution in [0.25, 0.3) is 0 Å². The van der Waals surface area contributed by atoms with Gasteiger partial charge in [0.1, 0.15) is 11.3 Å². The number of carbonyl (C=O) groups excluding carboxylic acids is 1. The van der Waals surface area contributed by atoms with Gasteiger partial charge in [-0.2, -0.15) is 0 Å². The number of hydrogen-bond acceptors (Lipinski definition) is 4. The maximum atomic E-state index is 12.1. The SMILES string of the molecule is CCCCCCC(C)OC(=O)c1cc(N)ccc1OC. The molecule has 4 nitrogen and oxygen atoms in total. The molecule has 0 radical (unpaired) electrons. The molecule has 0 aliphatic rings. The van der Waals surface area contributed by atoms with E-state index < -0.39 is 0 Å². The highest BCUT2D eigenvalue weighted by Gasteiger charge is 2.16. The van der Waals surface area contributed by atoms with Crippen LogP contribution in [0.5, 0.6) is 5.75 Å². The molecular formula is C16H25NO3. The molecule has 0 fully saturated rings. The smallest absolute Gasteiger partial charge is 0.342 e. The van der Waals surface area contributed by atoms with E-state index in [2.05, 4.69) is 6.92 Å². The minimum atomic E-state index is -0.378. The van der Waals surface area contributed by atoms with Crippen molar-refractivity contribution in [3.05, 3.63) is 23.8 Å². The summed E-state index contributed by atoms with van der Waals surface area (Å²) >= 11 is 0. The van der Waals surface area contributed by atoms with Crippen LogP contribution in [0.4, 0.5) is 5.69 Å². The molecule has 20 heavy (non-hydrogen) atoms. The van der Waals surface area contributed by atoms with E-state index in [0.717, 1.165) is 12.8 Å². The summed E-state index contributed by atoms with van der Waals surface area (Å²) in [5.74, 6) is 0.111. The van der Waals surface area contributed by atoms with Crippen LogP contribution in [0.15, 0.2) is 18.2 Å². The topological polar surface area (TPSA) is 61.5 Å². The number of anilines is 1. The van der Waals surface area contributed by atoms with Crippen LogP contribution in [0.1, 0.15) is 56.3 Å². The van der Waals surface area contributed by atoms with Crippen molar-refractivity contribution in [1.82, 2.24) is 0 Å². The van der Waals surface area contributed by atoms with Gasteiger partial charge in [0.2, 0.25) is 0 Å². The number of benzene rings is 1. The molecule has 1 unspecified atom stereocenters. The zero-order valence-corrected chi connectivity index (χ0v) is 12.6. The molecule has 1 atom stereocenters. The summed E-state index contributed by atoms with van der Waals surface area (Å²) in [5, 5.41) is 0. The van der Waals surface area contributed by atoms with Gasteiger partial charge in [-0.3, -0.25) is 0 Å². The molecule has 2 N–H and O–H groups in total. The Balaban J connectivity index is 2.55. The third kappa shape index (κ3) is 5.11. The van der Waals surface area contributed by atoms with E-state index in [1.165, 1.54) is 26.4 Å². The second-order valence-corrected chi connectivity index (χ2v) is 5.02. The highest BCUT2D eigenvalue weighted by atomic mass is 16.5. The second kappa shape index (κ2) is 8.46. The van der Waals surface area contributed by atoms with Crippen LogP contribution in [0, 0.1) is 0 Å². The molecule has 0 saturated heterocycles. The van der Waals surface area contributed by atoms with E-state index in [-0.39, 0.29) is 12.1 Å². The summed E-state index contributed by atoms with van der Waals surface area (Å²) in [6.07, 6.45) is 5.48. The van der Waals surface area contributed by atoms with Crippen LogP contribution in [-0.4, -0.2) is 19.2 Å². The highest BCUT2D eigenvalue weighted by molar-refractivity contribution is 5.93. The minimum Gasteiger partial charge on any atom is -0.496 e. The normalized spacial score (nSPS) is 11.9. The average molecular weight is 279 g/mol. The van der Waals surface area contributed by atoms with Crippen LogP contribution in [0.3, 0.4) is 0 Å². The summed E-state index contributed by atoms with van der Waals surface area (Å²) in [4.78, 5) is 12.1. The summed E-state index contributed by atoms with van der Waals surface area (Å²) < 4.78 is 10.6. The predicted octanol–water partition coefficient (Wildman–Crippen LogP) is 3.79. The fraction of sp³-hybridized carbons (Fsp3) is 0.562. The minimum absolute atomic E-state index is 0.0921. The zero-order valence-electron chi connectivity index (χ0n) is 12.6. The number of nitrogens with two attached hydrogens (primary N) is 1. The maximum absolute atomic E-state index is 12.1. The van der Waals surface area contributed by atoms with Crippen molar-refractivity contribution in [2.24, 2.45) is 0 Å². The van der Waals surface area contributed by atoms with Crippen molar-refractivity contribution in [2.45, 2.75) is 52.1 Å². The zero-order chi connectivity index (χ0) is 15.0. The number of nitrogen functional groups attached to an aromatic ring is 1. The highest BCUT2D eigenvalue weighted by Crippen LogP contribution is 2.23. The molecule has 0 heterocycles. The molecule has 4 heteroatoms. The molecule has 1 aromatic rings. The molecular weight excluding hydrogens is 254 g/mol. The van der Waals surface area contributed by atoms with Crippen LogP contribution >= 0.6 is 0 Å². The van der Waals surface area contributed by atoms with E-state index in [1.807, 2.05) is 6.92 Å². The lowest BCUT2D eigenvalue weighted by Gasteiger charge is -2.15. The van der Waals surface area contributed by atoms with E-state index in [0.29, 0.717) is 17.0 Å². The van der Waals surface area contributed by atoms with Crippen molar-refractivity contribution in [3.8, 4) is 5.75 Å². The van der Waals surface area contributed by atoms with Gasteiger partial charge in [-0.25, -0.2) is 4.79 Å². The molecule has 0 amide bonds. The van der Waals surface area contributed by atoms with E-state index in [1.54, 1.807) is 18.2 Å². The van der Waals surface area contributed by atoms with Crippen molar-refractivity contribution < 1.29 is 14.3 Å². The Morgan fingerprint density at radius 3 is 2.70 bits per heavy atom. The van der Waals surface area contributed by atoms with Gasteiger partial charge >= 0.3 is 5.97 Å². The Morgan fingerprint density at radius 1 is 1.30 bits per heavy atom. The second-order valence-electron chi connectivity index (χ2n) is 5.02. The van der Waals surface area contributed by atoms with Crippen molar-refractivity contribution in [3.63, 3.8) is 0 Å². The van der Waals surface area contributed by atoms with Gasteiger partial charge < -0.3 is 15.2 Å². The largest absolute Gasteiger partial charge is 0.496 e. The number of ether oxygens (including phenoxy) is 2. The van der Waals surface area contributed by atoms with E-state index in [9.17, 15) is 4.79 Å². The lowest BCUT2D eigenvalue weighted by atomic mass is 10.1. The number of hydrogen-bond donors (Lipinski definition) is 1. The Labute approximate surface area is 121 Å². The number of carbonyl (C=O) groups is 1. The monoisotopic (exact) mass is 279 g/mol. The molecule has 1 rings (SSSR count). The first kappa shape index (κ1) is 16.3. The predicted molar refractivity (Wildman–Crippen MR) is 81.0 cm³/mol. The number of esters is 1. The number of unbranched alkanes of at least 4 members (excludes halogenated alkanes) is 3. The summed E-state index contributed by atoms with van der Waals surface area (Å²) in [6, 6.07) is 4.96. The maximum Gasteiger partial charge on any atom is 0.342 e. The van der Waals surface area contributed by atoms with Gasteiger partial charge in [-0.15, -0.1) is 0 Å². The Bertz CT molecular complexity index is 432. The molecule has 0 bridgehead atoms. The van der Waals surface area contributed by atoms with Gasteiger partial charge in [-0.05, 0) is 38.0 Å². The number of rotatable bonds is 8. The molecule has 0 aliphatic carbocycles. The molecule has 1 aromatic carbocycles. The Kier molecular flexibility index (Phi) is 6.91. The summed E-state index contributed by atoms with van der Waals surface area (Å²) in [6.45, 7) is 4.10. The Hall–Kier alpha value is -1.71. The van der Waals surface area contributed by atoms with Gasteiger partial charge in [0.15, 0.2) is 0 Å². The first-order valence-electron chi connectivity index (χ1n) is 7.23. The molecule has 0 spiro atoms. The van der Waals surface area contributed by atoms with Crippen LogP contribution in [-0.2, 0) is 4.74 Å². The third-order valence-electron chi connectivity index (χ3n) is 3.22. The Morgan fingerprint density at radius 2 is 2.05 bits per heavy atom.